The Labute approximate surface area is 135 Å². The Morgan fingerprint density at radius 1 is 1.36 bits per heavy atom. The molecule has 1 saturated heterocycles. The lowest BCUT2D eigenvalue weighted by molar-refractivity contribution is 0.0565. The van der Waals surface area contributed by atoms with E-state index >= 15 is 0 Å². The SMILES string of the molecule is CC(C)c1nnc(CN2CCC(C(O)c3cccs3)CC2)o1. The maximum absolute atomic E-state index is 10.4. The van der Waals surface area contributed by atoms with E-state index in [-0.39, 0.29) is 12.0 Å². The number of hydrogen-bond acceptors (Lipinski definition) is 6. The topological polar surface area (TPSA) is 62.4 Å². The van der Waals surface area contributed by atoms with Crippen molar-refractivity contribution in [1.29, 1.82) is 0 Å². The molecule has 1 unspecified atom stereocenters. The molecule has 0 spiro atoms. The summed E-state index contributed by atoms with van der Waals surface area (Å²) in [5.74, 6) is 2.02. The van der Waals surface area contributed by atoms with Crippen molar-refractivity contribution < 1.29 is 9.52 Å². The number of aliphatic hydroxyl groups is 1. The maximum Gasteiger partial charge on any atom is 0.230 e. The molecule has 1 atom stereocenters. The van der Waals surface area contributed by atoms with E-state index in [2.05, 4.69) is 28.9 Å². The lowest BCUT2D eigenvalue weighted by atomic mass is 9.90. The molecule has 0 saturated carbocycles. The summed E-state index contributed by atoms with van der Waals surface area (Å²) in [4.78, 5) is 3.41. The van der Waals surface area contributed by atoms with Crippen LogP contribution in [0.1, 0.15) is 55.4 Å². The zero-order valence-corrected chi connectivity index (χ0v) is 13.9. The molecule has 0 amide bonds. The molecule has 1 fully saturated rings. The van der Waals surface area contributed by atoms with Crippen LogP contribution in [0.4, 0.5) is 0 Å². The van der Waals surface area contributed by atoms with Crippen molar-refractivity contribution in [3.8, 4) is 0 Å². The fourth-order valence-electron chi connectivity index (χ4n) is 2.87. The van der Waals surface area contributed by atoms with Gasteiger partial charge >= 0.3 is 0 Å². The Hall–Kier alpha value is -1.24. The van der Waals surface area contributed by atoms with Gasteiger partial charge in [0.2, 0.25) is 11.8 Å². The minimum atomic E-state index is -0.321. The van der Waals surface area contributed by atoms with Crippen LogP contribution < -0.4 is 0 Å². The third-order valence-electron chi connectivity index (χ3n) is 4.25. The molecule has 0 radical (unpaired) electrons. The van der Waals surface area contributed by atoms with Crippen molar-refractivity contribution in [3.05, 3.63) is 34.2 Å². The number of aromatic nitrogens is 2. The second-order valence-corrected chi connectivity index (χ2v) is 7.24. The van der Waals surface area contributed by atoms with Crippen molar-refractivity contribution >= 4 is 11.3 Å². The Balaban J connectivity index is 1.51. The average molecular weight is 321 g/mol. The molecule has 0 bridgehead atoms. The first-order chi connectivity index (χ1) is 10.6. The van der Waals surface area contributed by atoms with Crippen LogP contribution >= 0.6 is 11.3 Å². The highest BCUT2D eigenvalue weighted by molar-refractivity contribution is 7.10. The summed E-state index contributed by atoms with van der Waals surface area (Å²) in [6.45, 7) is 6.74. The summed E-state index contributed by atoms with van der Waals surface area (Å²) in [5.41, 5.74) is 0. The van der Waals surface area contributed by atoms with Gasteiger partial charge in [-0.25, -0.2) is 0 Å². The van der Waals surface area contributed by atoms with Crippen molar-refractivity contribution in [2.24, 2.45) is 5.92 Å². The van der Waals surface area contributed by atoms with Crippen LogP contribution in [0.2, 0.25) is 0 Å². The molecule has 2 aromatic heterocycles. The quantitative estimate of drug-likeness (QED) is 0.916. The standard InChI is InChI=1S/C16H23N3O2S/c1-11(2)16-18-17-14(21-16)10-19-7-5-12(6-8-19)15(20)13-4-3-9-22-13/h3-4,9,11-12,15,20H,5-8,10H2,1-2H3. The molecule has 6 heteroatoms. The molecular formula is C16H23N3O2S. The van der Waals surface area contributed by atoms with Gasteiger partial charge in [-0.2, -0.15) is 0 Å². The minimum Gasteiger partial charge on any atom is -0.424 e. The number of hydrogen-bond donors (Lipinski definition) is 1. The van der Waals surface area contributed by atoms with Crippen molar-refractivity contribution in [2.75, 3.05) is 13.1 Å². The summed E-state index contributed by atoms with van der Waals surface area (Å²) < 4.78 is 5.67. The molecule has 3 heterocycles. The van der Waals surface area contributed by atoms with Gasteiger partial charge < -0.3 is 9.52 Å². The number of nitrogens with zero attached hydrogens (tertiary/aromatic N) is 3. The first-order valence-electron chi connectivity index (χ1n) is 7.89. The summed E-state index contributed by atoms with van der Waals surface area (Å²) in [7, 11) is 0. The molecule has 3 rings (SSSR count). The summed E-state index contributed by atoms with van der Waals surface area (Å²) >= 11 is 1.64. The zero-order chi connectivity index (χ0) is 15.5. The Morgan fingerprint density at radius 3 is 2.73 bits per heavy atom. The monoisotopic (exact) mass is 321 g/mol. The molecule has 22 heavy (non-hydrogen) atoms. The van der Waals surface area contributed by atoms with E-state index in [9.17, 15) is 5.11 Å². The van der Waals surface area contributed by atoms with Gasteiger partial charge in [-0.05, 0) is 43.3 Å². The fourth-order valence-corrected chi connectivity index (χ4v) is 3.68. The minimum absolute atomic E-state index is 0.271. The van der Waals surface area contributed by atoms with Gasteiger partial charge in [-0.1, -0.05) is 19.9 Å². The number of thiophene rings is 1. The van der Waals surface area contributed by atoms with E-state index in [4.69, 9.17) is 4.42 Å². The van der Waals surface area contributed by atoms with E-state index in [1.165, 1.54) is 0 Å². The van der Waals surface area contributed by atoms with E-state index in [1.54, 1.807) is 11.3 Å². The number of likely N-dealkylation sites (tertiary alicyclic amines) is 1. The van der Waals surface area contributed by atoms with E-state index in [0.29, 0.717) is 24.2 Å². The van der Waals surface area contributed by atoms with Gasteiger partial charge in [0.25, 0.3) is 0 Å². The number of piperidine rings is 1. The molecular weight excluding hydrogens is 298 g/mol. The largest absolute Gasteiger partial charge is 0.424 e. The second kappa shape index (κ2) is 6.89. The molecule has 120 valence electrons. The predicted octanol–water partition coefficient (Wildman–Crippen LogP) is 3.20. The fraction of sp³-hybridized carbons (Fsp3) is 0.625. The molecule has 2 aromatic rings. The molecule has 5 nitrogen and oxygen atoms in total. The van der Waals surface area contributed by atoms with Crippen LogP contribution in [0, 0.1) is 5.92 Å². The highest BCUT2D eigenvalue weighted by atomic mass is 32.1. The summed E-state index contributed by atoms with van der Waals surface area (Å²) in [5, 5.41) is 20.6. The lowest BCUT2D eigenvalue weighted by Gasteiger charge is -2.33. The van der Waals surface area contributed by atoms with E-state index in [1.807, 2.05) is 17.5 Å². The van der Waals surface area contributed by atoms with Crippen molar-refractivity contribution in [2.45, 2.75) is 45.3 Å². The maximum atomic E-state index is 10.4. The van der Waals surface area contributed by atoms with E-state index in [0.717, 1.165) is 30.8 Å². The van der Waals surface area contributed by atoms with E-state index < -0.39 is 0 Å². The van der Waals surface area contributed by atoms with Crippen LogP contribution in [-0.2, 0) is 6.54 Å². The summed E-state index contributed by atoms with van der Waals surface area (Å²) in [6.07, 6.45) is 1.69. The van der Waals surface area contributed by atoms with Crippen molar-refractivity contribution in [1.82, 2.24) is 15.1 Å². The van der Waals surface area contributed by atoms with Crippen LogP contribution in [0.25, 0.3) is 0 Å². The van der Waals surface area contributed by atoms with Gasteiger partial charge in [0.05, 0.1) is 12.6 Å². The highest BCUT2D eigenvalue weighted by Gasteiger charge is 2.27. The smallest absolute Gasteiger partial charge is 0.230 e. The normalized spacial score (nSPS) is 18.9. The second-order valence-electron chi connectivity index (χ2n) is 6.26. The zero-order valence-electron chi connectivity index (χ0n) is 13.1. The van der Waals surface area contributed by atoms with Gasteiger partial charge in [-0.3, -0.25) is 4.90 Å². The Morgan fingerprint density at radius 2 is 2.14 bits per heavy atom. The third-order valence-corrected chi connectivity index (χ3v) is 5.19. The van der Waals surface area contributed by atoms with Crippen LogP contribution in [0.15, 0.2) is 21.9 Å². The highest BCUT2D eigenvalue weighted by Crippen LogP contribution is 2.33. The molecule has 0 aliphatic carbocycles. The predicted molar refractivity (Wildman–Crippen MR) is 85.7 cm³/mol. The lowest BCUT2D eigenvalue weighted by Crippen LogP contribution is -2.35. The van der Waals surface area contributed by atoms with Gasteiger partial charge in [-0.15, -0.1) is 21.5 Å². The number of rotatable bonds is 5. The first-order valence-corrected chi connectivity index (χ1v) is 8.77. The van der Waals surface area contributed by atoms with Crippen LogP contribution in [0.5, 0.6) is 0 Å². The molecule has 1 aliphatic heterocycles. The van der Waals surface area contributed by atoms with Crippen molar-refractivity contribution in [3.63, 3.8) is 0 Å². The first kappa shape index (κ1) is 15.6. The third kappa shape index (κ3) is 3.56. The van der Waals surface area contributed by atoms with Gasteiger partial charge in [0.15, 0.2) is 0 Å². The Kier molecular flexibility index (Phi) is 4.90. The average Bonchev–Trinajstić information content (AvgIpc) is 3.19. The Bertz CT molecular complexity index is 574. The van der Waals surface area contributed by atoms with Crippen LogP contribution in [0.3, 0.4) is 0 Å². The molecule has 0 aromatic carbocycles. The molecule has 1 N–H and O–H groups in total. The molecule has 1 aliphatic rings. The summed E-state index contributed by atoms with van der Waals surface area (Å²) in [6, 6.07) is 4.02. The van der Waals surface area contributed by atoms with Gasteiger partial charge in [0, 0.05) is 10.8 Å². The number of aliphatic hydroxyl groups excluding tert-OH is 1. The van der Waals surface area contributed by atoms with Gasteiger partial charge in [0.1, 0.15) is 0 Å². The van der Waals surface area contributed by atoms with Crippen LogP contribution in [-0.4, -0.2) is 33.3 Å².